The number of nitro groups is 1. The maximum Gasteiger partial charge on any atom is 0.307 e. The summed E-state index contributed by atoms with van der Waals surface area (Å²) in [4.78, 5) is 36.3. The van der Waals surface area contributed by atoms with Gasteiger partial charge in [0, 0.05) is 49.9 Å². The van der Waals surface area contributed by atoms with Crippen LogP contribution in [0.1, 0.15) is 24.5 Å². The van der Waals surface area contributed by atoms with E-state index in [0.29, 0.717) is 24.1 Å². The molecular weight excluding hydrogens is 446 g/mol. The molecule has 3 aromatic rings. The maximum absolute atomic E-state index is 12.9. The number of amides is 1. The second-order valence-electron chi connectivity index (χ2n) is 8.20. The zero-order valence-electron chi connectivity index (χ0n) is 18.4. The van der Waals surface area contributed by atoms with Crippen LogP contribution in [0.5, 0.6) is 0 Å². The van der Waals surface area contributed by atoms with Gasteiger partial charge in [-0.3, -0.25) is 19.6 Å². The van der Waals surface area contributed by atoms with Gasteiger partial charge in [0.05, 0.1) is 10.6 Å². The monoisotopic (exact) mass is 469 g/mol. The van der Waals surface area contributed by atoms with Crippen LogP contribution in [0.2, 0.25) is 5.02 Å². The summed E-state index contributed by atoms with van der Waals surface area (Å²) in [6.07, 6.45) is 5.96. The number of piperidine rings is 1. The number of likely N-dealkylation sites (tertiary alicyclic amines) is 1. The standard InChI is InChI=1S/C22H24ClN7O3/c1-27(2)22-24-11-19(15-5-7-17(23)8-6-15)21(26-22)16-4-3-9-28(12-16)20(31)14-29-13-18(10-25-29)30(32)33/h5-8,10-11,13,16H,3-4,9,12,14H2,1-2H3/t16-/m1/s1. The number of benzene rings is 1. The highest BCUT2D eigenvalue weighted by molar-refractivity contribution is 6.30. The molecule has 33 heavy (non-hydrogen) atoms. The molecule has 1 aromatic carbocycles. The lowest BCUT2D eigenvalue weighted by Crippen LogP contribution is -2.41. The molecule has 1 aliphatic heterocycles. The molecule has 1 fully saturated rings. The summed E-state index contributed by atoms with van der Waals surface area (Å²) >= 11 is 6.07. The first kappa shape index (κ1) is 22.7. The van der Waals surface area contributed by atoms with Crippen molar-refractivity contribution in [2.45, 2.75) is 25.3 Å². The molecule has 0 saturated carbocycles. The molecule has 0 N–H and O–H groups in total. The number of nitrogens with zero attached hydrogens (tertiary/aromatic N) is 7. The predicted molar refractivity (Wildman–Crippen MR) is 124 cm³/mol. The Hall–Kier alpha value is -3.53. The maximum atomic E-state index is 12.9. The summed E-state index contributed by atoms with van der Waals surface area (Å²) in [6, 6.07) is 7.55. The molecule has 1 saturated heterocycles. The molecular formula is C22H24ClN7O3. The lowest BCUT2D eigenvalue weighted by molar-refractivity contribution is -0.385. The molecule has 2 aromatic heterocycles. The number of carbonyl (C=O) groups is 1. The number of hydrogen-bond acceptors (Lipinski definition) is 7. The first-order valence-corrected chi connectivity index (χ1v) is 10.9. The molecule has 11 heteroatoms. The average Bonchev–Trinajstić information content (AvgIpc) is 3.28. The average molecular weight is 470 g/mol. The molecule has 0 unspecified atom stereocenters. The second-order valence-corrected chi connectivity index (χ2v) is 8.64. The van der Waals surface area contributed by atoms with Crippen LogP contribution in [0.3, 0.4) is 0 Å². The fraction of sp³-hybridized carbons (Fsp3) is 0.364. The number of carbonyl (C=O) groups excluding carboxylic acids is 1. The SMILES string of the molecule is CN(C)c1ncc(-c2ccc(Cl)cc2)c([C@@H]2CCCN(C(=O)Cn3cc([N+](=O)[O-])cn3)C2)n1. The van der Waals surface area contributed by atoms with Gasteiger partial charge in [0.25, 0.3) is 0 Å². The number of aromatic nitrogens is 4. The third-order valence-corrected chi connectivity index (χ3v) is 5.90. The fourth-order valence-electron chi connectivity index (χ4n) is 3.96. The summed E-state index contributed by atoms with van der Waals surface area (Å²) in [7, 11) is 3.78. The van der Waals surface area contributed by atoms with Crippen LogP contribution in [0.15, 0.2) is 42.9 Å². The van der Waals surface area contributed by atoms with Crippen LogP contribution in [-0.2, 0) is 11.3 Å². The number of anilines is 1. The molecule has 1 aliphatic rings. The van der Waals surface area contributed by atoms with Crippen molar-refractivity contribution >= 4 is 29.1 Å². The van der Waals surface area contributed by atoms with E-state index in [4.69, 9.17) is 16.6 Å². The highest BCUT2D eigenvalue weighted by Gasteiger charge is 2.29. The lowest BCUT2D eigenvalue weighted by atomic mass is 9.90. The molecule has 3 heterocycles. The first-order chi connectivity index (χ1) is 15.8. The highest BCUT2D eigenvalue weighted by atomic mass is 35.5. The Labute approximate surface area is 196 Å². The normalized spacial score (nSPS) is 16.0. The molecule has 1 atom stereocenters. The van der Waals surface area contributed by atoms with Crippen LogP contribution in [-0.4, -0.2) is 62.7 Å². The minimum atomic E-state index is -0.527. The topological polar surface area (TPSA) is 110 Å². The zero-order chi connectivity index (χ0) is 23.5. The molecule has 0 bridgehead atoms. The molecule has 10 nitrogen and oxygen atoms in total. The molecule has 172 valence electrons. The van der Waals surface area contributed by atoms with Gasteiger partial charge < -0.3 is 9.80 Å². The minimum Gasteiger partial charge on any atom is -0.347 e. The first-order valence-electron chi connectivity index (χ1n) is 10.6. The molecule has 0 aliphatic carbocycles. The number of hydrogen-bond donors (Lipinski definition) is 0. The van der Waals surface area contributed by atoms with E-state index >= 15 is 0 Å². The van der Waals surface area contributed by atoms with Crippen molar-refractivity contribution in [3.05, 3.63) is 63.7 Å². The Balaban J connectivity index is 1.58. The minimum absolute atomic E-state index is 0.0297. The van der Waals surface area contributed by atoms with E-state index < -0.39 is 4.92 Å². The Morgan fingerprint density at radius 3 is 2.70 bits per heavy atom. The second kappa shape index (κ2) is 9.53. The largest absolute Gasteiger partial charge is 0.347 e. The van der Waals surface area contributed by atoms with Gasteiger partial charge in [-0.25, -0.2) is 9.97 Å². The van der Waals surface area contributed by atoms with Gasteiger partial charge >= 0.3 is 5.69 Å². The van der Waals surface area contributed by atoms with E-state index in [9.17, 15) is 14.9 Å². The fourth-order valence-corrected chi connectivity index (χ4v) is 4.09. The van der Waals surface area contributed by atoms with Crippen molar-refractivity contribution in [2.75, 3.05) is 32.1 Å². The third-order valence-electron chi connectivity index (χ3n) is 5.65. The molecule has 0 spiro atoms. The Kier molecular flexibility index (Phi) is 6.55. The smallest absolute Gasteiger partial charge is 0.307 e. The van der Waals surface area contributed by atoms with Crippen molar-refractivity contribution < 1.29 is 9.72 Å². The van der Waals surface area contributed by atoms with Gasteiger partial charge in [-0.1, -0.05) is 23.7 Å². The van der Waals surface area contributed by atoms with Crippen LogP contribution in [0, 0.1) is 10.1 Å². The van der Waals surface area contributed by atoms with Crippen molar-refractivity contribution in [2.24, 2.45) is 0 Å². The Morgan fingerprint density at radius 1 is 1.27 bits per heavy atom. The van der Waals surface area contributed by atoms with Crippen molar-refractivity contribution in [1.29, 1.82) is 0 Å². The molecule has 4 rings (SSSR count). The van der Waals surface area contributed by atoms with Gasteiger partial charge in [-0.2, -0.15) is 5.10 Å². The van der Waals surface area contributed by atoms with E-state index in [0.717, 1.165) is 35.9 Å². The van der Waals surface area contributed by atoms with Gasteiger partial charge in [-0.05, 0) is 30.5 Å². The van der Waals surface area contributed by atoms with Gasteiger partial charge in [0.2, 0.25) is 11.9 Å². The van der Waals surface area contributed by atoms with Crippen LogP contribution >= 0.6 is 11.6 Å². The number of halogens is 1. The summed E-state index contributed by atoms with van der Waals surface area (Å²) in [5, 5.41) is 15.5. The molecule has 0 radical (unpaired) electrons. The highest BCUT2D eigenvalue weighted by Crippen LogP contribution is 2.34. The van der Waals surface area contributed by atoms with E-state index in [-0.39, 0.29) is 24.1 Å². The van der Waals surface area contributed by atoms with E-state index in [1.165, 1.54) is 10.9 Å². The summed E-state index contributed by atoms with van der Waals surface area (Å²) in [5.74, 6) is 0.504. The zero-order valence-corrected chi connectivity index (χ0v) is 19.1. The van der Waals surface area contributed by atoms with Crippen molar-refractivity contribution in [1.82, 2.24) is 24.6 Å². The van der Waals surface area contributed by atoms with Crippen LogP contribution in [0.25, 0.3) is 11.1 Å². The van der Waals surface area contributed by atoms with Crippen molar-refractivity contribution in [3.63, 3.8) is 0 Å². The van der Waals surface area contributed by atoms with Crippen LogP contribution < -0.4 is 4.90 Å². The summed E-state index contributed by atoms with van der Waals surface area (Å²) in [5.41, 5.74) is 2.64. The quantitative estimate of drug-likeness (QED) is 0.402. The van der Waals surface area contributed by atoms with Gasteiger partial charge in [0.15, 0.2) is 0 Å². The Morgan fingerprint density at radius 2 is 2.03 bits per heavy atom. The van der Waals surface area contributed by atoms with E-state index in [1.807, 2.05) is 49.5 Å². The van der Waals surface area contributed by atoms with Crippen LogP contribution in [0.4, 0.5) is 11.6 Å². The third kappa shape index (κ3) is 5.11. The van der Waals surface area contributed by atoms with E-state index in [2.05, 4.69) is 10.1 Å². The lowest BCUT2D eigenvalue weighted by Gasteiger charge is -2.33. The van der Waals surface area contributed by atoms with E-state index in [1.54, 1.807) is 4.90 Å². The van der Waals surface area contributed by atoms with Crippen molar-refractivity contribution in [3.8, 4) is 11.1 Å². The molecule has 1 amide bonds. The van der Waals surface area contributed by atoms with Gasteiger partial charge in [-0.15, -0.1) is 0 Å². The van der Waals surface area contributed by atoms with Gasteiger partial charge in [0.1, 0.15) is 18.9 Å². The summed E-state index contributed by atoms with van der Waals surface area (Å²) in [6.45, 7) is 1.09. The number of rotatable bonds is 6. The summed E-state index contributed by atoms with van der Waals surface area (Å²) < 4.78 is 1.30. The Bertz CT molecular complexity index is 1160. The predicted octanol–water partition coefficient (Wildman–Crippen LogP) is 3.37.